The molecule has 3 aromatic rings. The third kappa shape index (κ3) is 3.62. The number of ketones is 2. The molecule has 5 heteroatoms. The molecule has 0 bridgehead atoms. The van der Waals surface area contributed by atoms with E-state index < -0.39 is 17.7 Å². The zero-order valence-electron chi connectivity index (χ0n) is 17.2. The second-order valence-corrected chi connectivity index (χ2v) is 7.83. The average Bonchev–Trinajstić information content (AvgIpc) is 2.83. The highest BCUT2D eigenvalue weighted by Gasteiger charge is 2.42. The van der Waals surface area contributed by atoms with Gasteiger partial charge in [-0.15, -0.1) is 0 Å². The van der Waals surface area contributed by atoms with E-state index in [1.165, 1.54) is 5.56 Å². The van der Waals surface area contributed by atoms with E-state index in [1.807, 2.05) is 42.5 Å². The zero-order chi connectivity index (χ0) is 22.1. The fourth-order valence-electron chi connectivity index (χ4n) is 4.23. The number of Topliss-reactive ketones (excluding diaryl/α,β-unsaturated/α-hetero) is 2. The number of esters is 1. The van der Waals surface area contributed by atoms with Gasteiger partial charge in [0, 0.05) is 23.5 Å². The second-order valence-electron chi connectivity index (χ2n) is 7.83. The van der Waals surface area contributed by atoms with E-state index in [2.05, 4.69) is 12.1 Å². The predicted molar refractivity (Wildman–Crippen MR) is 118 cm³/mol. The molecule has 0 spiro atoms. The quantitative estimate of drug-likeness (QED) is 0.557. The van der Waals surface area contributed by atoms with Gasteiger partial charge in [-0.25, -0.2) is 0 Å². The monoisotopic (exact) mass is 424 g/mol. The van der Waals surface area contributed by atoms with Crippen molar-refractivity contribution in [1.82, 2.24) is 0 Å². The van der Waals surface area contributed by atoms with Crippen molar-refractivity contribution in [2.45, 2.75) is 18.8 Å². The minimum absolute atomic E-state index is 0.00817. The van der Waals surface area contributed by atoms with Crippen LogP contribution in [0.4, 0.5) is 0 Å². The van der Waals surface area contributed by atoms with Crippen LogP contribution < -0.4 is 4.74 Å². The van der Waals surface area contributed by atoms with Gasteiger partial charge >= 0.3 is 5.97 Å². The van der Waals surface area contributed by atoms with Crippen molar-refractivity contribution in [2.75, 3.05) is 6.61 Å². The van der Waals surface area contributed by atoms with Crippen LogP contribution in [0.2, 0.25) is 0 Å². The van der Waals surface area contributed by atoms with Gasteiger partial charge in [-0.1, -0.05) is 66.7 Å². The minimum atomic E-state index is -0.533. The molecule has 1 heterocycles. The average molecular weight is 424 g/mol. The second kappa shape index (κ2) is 8.27. The molecule has 0 radical (unpaired) electrons. The topological polar surface area (TPSA) is 69.7 Å². The molecule has 0 saturated heterocycles. The van der Waals surface area contributed by atoms with Gasteiger partial charge in [0.05, 0.1) is 18.6 Å². The van der Waals surface area contributed by atoms with Crippen LogP contribution in [-0.2, 0) is 16.0 Å². The summed E-state index contributed by atoms with van der Waals surface area (Å²) in [6.07, 6.45) is 0.803. The number of allylic oxidation sites excluding steroid dienone is 2. The lowest BCUT2D eigenvalue weighted by Gasteiger charge is -2.30. The van der Waals surface area contributed by atoms with Crippen molar-refractivity contribution in [3.05, 3.63) is 112 Å². The summed E-state index contributed by atoms with van der Waals surface area (Å²) in [4.78, 5) is 38.4. The maximum absolute atomic E-state index is 13.2. The summed E-state index contributed by atoms with van der Waals surface area (Å²) < 4.78 is 11.1. The Balaban J connectivity index is 1.38. The number of carbonyl (C=O) groups is 3. The Morgan fingerprint density at radius 2 is 1.44 bits per heavy atom. The van der Waals surface area contributed by atoms with E-state index in [4.69, 9.17) is 9.47 Å². The SMILES string of the molecule is O=C1CC(c2ccc(OCCc3ccccc3)cc2)C2=C(O1)C(=O)c1ccccc1C2=O. The largest absolute Gasteiger partial charge is 0.493 e. The summed E-state index contributed by atoms with van der Waals surface area (Å²) in [5, 5.41) is 0. The molecule has 1 unspecified atom stereocenters. The van der Waals surface area contributed by atoms with Crippen LogP contribution >= 0.6 is 0 Å². The lowest BCUT2D eigenvalue weighted by Crippen LogP contribution is -2.32. The maximum atomic E-state index is 13.2. The Morgan fingerprint density at radius 3 is 2.16 bits per heavy atom. The molecule has 0 saturated carbocycles. The first-order valence-corrected chi connectivity index (χ1v) is 10.5. The van der Waals surface area contributed by atoms with Crippen molar-refractivity contribution in [3.8, 4) is 5.75 Å². The molecule has 1 aliphatic heterocycles. The number of benzene rings is 3. The van der Waals surface area contributed by atoms with E-state index >= 15 is 0 Å². The van der Waals surface area contributed by atoms with Gasteiger partial charge in [0.1, 0.15) is 5.75 Å². The third-order valence-electron chi connectivity index (χ3n) is 5.83. The molecule has 0 N–H and O–H groups in total. The number of rotatable bonds is 5. The Kier molecular flexibility index (Phi) is 5.15. The lowest BCUT2D eigenvalue weighted by molar-refractivity contribution is -0.140. The maximum Gasteiger partial charge on any atom is 0.312 e. The van der Waals surface area contributed by atoms with Crippen LogP contribution in [0.3, 0.4) is 0 Å². The summed E-state index contributed by atoms with van der Waals surface area (Å²) in [5.41, 5.74) is 2.84. The molecule has 1 atom stereocenters. The van der Waals surface area contributed by atoms with Gasteiger partial charge in [0.2, 0.25) is 5.78 Å². The van der Waals surface area contributed by atoms with Crippen LogP contribution in [-0.4, -0.2) is 24.1 Å². The van der Waals surface area contributed by atoms with E-state index in [0.717, 1.165) is 12.0 Å². The normalized spacial score (nSPS) is 17.5. The number of hydrogen-bond donors (Lipinski definition) is 0. The first kappa shape index (κ1) is 19.9. The molecule has 0 aromatic heterocycles. The smallest absolute Gasteiger partial charge is 0.312 e. The van der Waals surface area contributed by atoms with Crippen LogP contribution in [0.1, 0.15) is 44.2 Å². The van der Waals surface area contributed by atoms with Gasteiger partial charge in [-0.05, 0) is 23.3 Å². The van der Waals surface area contributed by atoms with Gasteiger partial charge in [0.25, 0.3) is 0 Å². The predicted octanol–water partition coefficient (Wildman–Crippen LogP) is 4.67. The first-order chi connectivity index (χ1) is 15.6. The van der Waals surface area contributed by atoms with Crippen molar-refractivity contribution in [1.29, 1.82) is 0 Å². The fraction of sp³-hybridized carbons (Fsp3) is 0.148. The number of ether oxygens (including phenoxy) is 2. The fourth-order valence-corrected chi connectivity index (χ4v) is 4.23. The van der Waals surface area contributed by atoms with Crippen LogP contribution in [0.5, 0.6) is 5.75 Å². The zero-order valence-corrected chi connectivity index (χ0v) is 17.2. The molecular weight excluding hydrogens is 404 g/mol. The highest BCUT2D eigenvalue weighted by atomic mass is 16.5. The Bertz CT molecular complexity index is 1240. The molecule has 0 amide bonds. The molecule has 32 heavy (non-hydrogen) atoms. The van der Waals surface area contributed by atoms with E-state index in [9.17, 15) is 14.4 Å². The number of fused-ring (bicyclic) bond motifs is 1. The summed E-state index contributed by atoms with van der Waals surface area (Å²) in [7, 11) is 0. The van der Waals surface area contributed by atoms with Crippen molar-refractivity contribution >= 4 is 17.5 Å². The summed E-state index contributed by atoms with van der Waals surface area (Å²) >= 11 is 0. The number of carbonyl (C=O) groups excluding carboxylic acids is 3. The molecule has 5 rings (SSSR count). The van der Waals surface area contributed by atoms with Crippen molar-refractivity contribution < 1.29 is 23.9 Å². The Hall–Kier alpha value is -3.99. The van der Waals surface area contributed by atoms with E-state index in [1.54, 1.807) is 24.3 Å². The third-order valence-corrected chi connectivity index (χ3v) is 5.83. The van der Waals surface area contributed by atoms with E-state index in [-0.39, 0.29) is 29.1 Å². The molecule has 1 aliphatic carbocycles. The van der Waals surface area contributed by atoms with Gasteiger partial charge in [-0.2, -0.15) is 0 Å². The van der Waals surface area contributed by atoms with Crippen LogP contribution in [0, 0.1) is 0 Å². The summed E-state index contributed by atoms with van der Waals surface area (Å²) in [6, 6.07) is 24.0. The minimum Gasteiger partial charge on any atom is -0.493 e. The van der Waals surface area contributed by atoms with Gasteiger partial charge in [0.15, 0.2) is 11.5 Å². The first-order valence-electron chi connectivity index (χ1n) is 10.5. The summed E-state index contributed by atoms with van der Waals surface area (Å²) in [5.74, 6) is -1.18. The molecular formula is C27H20O5. The van der Waals surface area contributed by atoms with E-state index in [0.29, 0.717) is 17.9 Å². The highest BCUT2D eigenvalue weighted by molar-refractivity contribution is 6.27. The Morgan fingerprint density at radius 1 is 0.781 bits per heavy atom. The van der Waals surface area contributed by atoms with Gasteiger partial charge in [-0.3, -0.25) is 14.4 Å². The van der Waals surface area contributed by atoms with Crippen LogP contribution in [0.25, 0.3) is 0 Å². The van der Waals surface area contributed by atoms with Crippen LogP contribution in [0.15, 0.2) is 90.2 Å². The number of hydrogen-bond acceptors (Lipinski definition) is 5. The van der Waals surface area contributed by atoms with Gasteiger partial charge < -0.3 is 9.47 Å². The standard InChI is InChI=1S/C27H20O5/c28-23-16-22(24-25(29)20-8-4-5-9-21(20)26(30)27(24)32-23)18-10-12-19(13-11-18)31-15-14-17-6-2-1-3-7-17/h1-13,22H,14-16H2. The van der Waals surface area contributed by atoms with Crippen molar-refractivity contribution in [2.24, 2.45) is 0 Å². The highest BCUT2D eigenvalue weighted by Crippen LogP contribution is 2.41. The lowest BCUT2D eigenvalue weighted by atomic mass is 9.77. The van der Waals surface area contributed by atoms with Crippen molar-refractivity contribution in [3.63, 3.8) is 0 Å². The Labute approximate surface area is 185 Å². The molecule has 158 valence electrons. The summed E-state index contributed by atoms with van der Waals surface area (Å²) in [6.45, 7) is 0.540. The molecule has 3 aromatic carbocycles. The molecule has 2 aliphatic rings. The molecule has 0 fully saturated rings. The molecule has 5 nitrogen and oxygen atoms in total.